The van der Waals surface area contributed by atoms with Crippen LogP contribution in [0.4, 0.5) is 0 Å². The van der Waals surface area contributed by atoms with Gasteiger partial charge in [-0.3, -0.25) is 4.79 Å². The van der Waals surface area contributed by atoms with Crippen LogP contribution in [0.5, 0.6) is 5.75 Å². The molecule has 6 nitrogen and oxygen atoms in total. The molecule has 4 rings (SSSR count). The highest BCUT2D eigenvalue weighted by Crippen LogP contribution is 2.45. The van der Waals surface area contributed by atoms with E-state index in [9.17, 15) is 4.79 Å². The molecule has 2 aliphatic rings. The van der Waals surface area contributed by atoms with Crippen molar-refractivity contribution in [2.75, 3.05) is 26.8 Å². The molecule has 2 aliphatic heterocycles. The summed E-state index contributed by atoms with van der Waals surface area (Å²) in [6.07, 6.45) is 3.82. The monoisotopic (exact) mass is 363 g/mol. The van der Waals surface area contributed by atoms with Gasteiger partial charge in [0.25, 0.3) is 5.91 Å². The van der Waals surface area contributed by atoms with Gasteiger partial charge in [-0.15, -0.1) is 0 Å². The summed E-state index contributed by atoms with van der Waals surface area (Å²) in [5.74, 6) is 0.807. The van der Waals surface area contributed by atoms with Gasteiger partial charge in [0.15, 0.2) is 0 Å². The molecule has 1 spiro atoms. The van der Waals surface area contributed by atoms with E-state index in [1.807, 2.05) is 23.1 Å². The van der Waals surface area contributed by atoms with Crippen molar-refractivity contribution in [1.29, 1.82) is 5.26 Å². The first-order chi connectivity index (χ1) is 13.2. The van der Waals surface area contributed by atoms with Crippen molar-refractivity contribution in [3.63, 3.8) is 0 Å². The zero-order chi connectivity index (χ0) is 18.9. The molecule has 1 fully saturated rings. The molecular weight excluding hydrogens is 342 g/mol. The lowest BCUT2D eigenvalue weighted by atomic mass is 9.78. The van der Waals surface area contributed by atoms with Crippen LogP contribution in [0, 0.1) is 11.3 Å². The summed E-state index contributed by atoms with van der Waals surface area (Å²) in [4.78, 5) is 18.6. The largest absolute Gasteiger partial charge is 0.496 e. The summed E-state index contributed by atoms with van der Waals surface area (Å²) in [6.45, 7) is 1.90. The molecule has 1 aromatic heterocycles. The topological polar surface area (TPSA) is 75.5 Å². The highest BCUT2D eigenvalue weighted by molar-refractivity contribution is 5.94. The predicted octanol–water partition coefficient (Wildman–Crippen LogP) is 2.67. The minimum Gasteiger partial charge on any atom is -0.496 e. The van der Waals surface area contributed by atoms with Crippen LogP contribution in [0.25, 0.3) is 0 Å². The minimum absolute atomic E-state index is 0.0575. The Balaban J connectivity index is 1.54. The number of nitriles is 1. The Bertz CT molecular complexity index is 880. The van der Waals surface area contributed by atoms with Gasteiger partial charge in [0.2, 0.25) is 0 Å². The molecule has 0 saturated carbocycles. The van der Waals surface area contributed by atoms with E-state index >= 15 is 0 Å². The van der Waals surface area contributed by atoms with Gasteiger partial charge >= 0.3 is 0 Å². The van der Waals surface area contributed by atoms with Gasteiger partial charge in [-0.2, -0.15) is 5.26 Å². The molecule has 0 aliphatic carbocycles. The van der Waals surface area contributed by atoms with Crippen LogP contribution in [-0.4, -0.2) is 42.6 Å². The number of benzene rings is 1. The van der Waals surface area contributed by atoms with Crippen LogP contribution in [-0.2, 0) is 16.8 Å². The minimum atomic E-state index is -0.389. The van der Waals surface area contributed by atoms with E-state index < -0.39 is 0 Å². The van der Waals surface area contributed by atoms with E-state index in [1.165, 1.54) is 11.8 Å². The third-order valence-corrected chi connectivity index (χ3v) is 5.52. The number of hydrogen-bond acceptors (Lipinski definition) is 5. The third-order valence-electron chi connectivity index (χ3n) is 5.52. The Morgan fingerprint density at radius 2 is 2.11 bits per heavy atom. The molecule has 1 amide bonds. The fourth-order valence-corrected chi connectivity index (χ4v) is 4.14. The van der Waals surface area contributed by atoms with E-state index in [1.54, 1.807) is 19.2 Å². The van der Waals surface area contributed by atoms with Crippen molar-refractivity contribution in [1.82, 2.24) is 9.88 Å². The average molecular weight is 363 g/mol. The zero-order valence-corrected chi connectivity index (χ0v) is 15.3. The first kappa shape index (κ1) is 17.5. The molecule has 138 valence electrons. The molecule has 6 heteroatoms. The molecular formula is C21H21N3O3. The fraction of sp³-hybridized carbons (Fsp3) is 0.381. The van der Waals surface area contributed by atoms with Crippen molar-refractivity contribution < 1.29 is 14.3 Å². The van der Waals surface area contributed by atoms with Crippen LogP contribution < -0.4 is 4.74 Å². The van der Waals surface area contributed by atoms with Crippen molar-refractivity contribution in [2.45, 2.75) is 24.9 Å². The van der Waals surface area contributed by atoms with Gasteiger partial charge < -0.3 is 14.4 Å². The van der Waals surface area contributed by atoms with Gasteiger partial charge in [-0.25, -0.2) is 4.98 Å². The summed E-state index contributed by atoms with van der Waals surface area (Å²) in [6, 6.07) is 11.3. The number of pyridine rings is 1. The second-order valence-electron chi connectivity index (χ2n) is 6.92. The van der Waals surface area contributed by atoms with Crippen LogP contribution in [0.2, 0.25) is 0 Å². The Hall–Kier alpha value is -2.91. The van der Waals surface area contributed by atoms with E-state index in [0.717, 1.165) is 30.6 Å². The first-order valence-electron chi connectivity index (χ1n) is 9.12. The molecule has 0 bridgehead atoms. The number of ether oxygens (including phenoxy) is 2. The number of hydrogen-bond donors (Lipinski definition) is 0. The first-order valence-corrected chi connectivity index (χ1v) is 9.12. The lowest BCUT2D eigenvalue weighted by Crippen LogP contribution is -2.48. The van der Waals surface area contributed by atoms with Gasteiger partial charge in [0.05, 0.1) is 19.3 Å². The summed E-state index contributed by atoms with van der Waals surface area (Å²) in [5, 5.41) is 8.85. The normalized spacial score (nSPS) is 17.9. The standard InChI is InChI=1S/C21H21N3O3/c1-26-18-4-2-3-15-7-12-27-21(19(15)18)8-10-24(11-9-21)20(25)16-5-6-17(13-22)23-14-16/h2-6,14H,7-12H2,1H3. The summed E-state index contributed by atoms with van der Waals surface area (Å²) < 4.78 is 11.9. The lowest BCUT2D eigenvalue weighted by Gasteiger charge is -2.45. The highest BCUT2D eigenvalue weighted by atomic mass is 16.5. The number of likely N-dealkylation sites (tertiary alicyclic amines) is 1. The smallest absolute Gasteiger partial charge is 0.255 e. The summed E-state index contributed by atoms with van der Waals surface area (Å²) >= 11 is 0. The quantitative estimate of drug-likeness (QED) is 0.820. The van der Waals surface area contributed by atoms with E-state index in [-0.39, 0.29) is 11.5 Å². The van der Waals surface area contributed by atoms with Crippen molar-refractivity contribution in [3.05, 3.63) is 58.9 Å². The lowest BCUT2D eigenvalue weighted by molar-refractivity contribution is -0.0946. The zero-order valence-electron chi connectivity index (χ0n) is 15.3. The van der Waals surface area contributed by atoms with Crippen LogP contribution in [0.1, 0.15) is 40.0 Å². The van der Waals surface area contributed by atoms with Gasteiger partial charge in [-0.1, -0.05) is 12.1 Å². The Morgan fingerprint density at radius 1 is 1.30 bits per heavy atom. The van der Waals surface area contributed by atoms with Crippen LogP contribution >= 0.6 is 0 Å². The molecule has 1 saturated heterocycles. The second kappa shape index (κ2) is 7.01. The van der Waals surface area contributed by atoms with Gasteiger partial charge in [0, 0.05) is 24.8 Å². The number of piperidine rings is 1. The number of carbonyl (C=O) groups is 1. The Morgan fingerprint density at radius 3 is 2.78 bits per heavy atom. The molecule has 0 unspecified atom stereocenters. The van der Waals surface area contributed by atoms with E-state index in [4.69, 9.17) is 14.7 Å². The maximum atomic E-state index is 12.8. The van der Waals surface area contributed by atoms with Gasteiger partial charge in [-0.05, 0) is 43.0 Å². The maximum Gasteiger partial charge on any atom is 0.255 e. The number of methoxy groups -OCH3 is 1. The fourth-order valence-electron chi connectivity index (χ4n) is 4.14. The summed E-state index contributed by atoms with van der Waals surface area (Å²) in [5.41, 5.74) is 2.85. The van der Waals surface area contributed by atoms with Crippen molar-refractivity contribution in [2.24, 2.45) is 0 Å². The van der Waals surface area contributed by atoms with Crippen LogP contribution in [0.15, 0.2) is 36.5 Å². The molecule has 0 atom stereocenters. The molecule has 0 N–H and O–H groups in total. The highest BCUT2D eigenvalue weighted by Gasteiger charge is 2.43. The number of amides is 1. The van der Waals surface area contributed by atoms with Crippen LogP contribution in [0.3, 0.4) is 0 Å². The number of carbonyl (C=O) groups excluding carboxylic acids is 1. The van der Waals surface area contributed by atoms with Gasteiger partial charge in [0.1, 0.15) is 23.1 Å². The molecule has 2 aromatic rings. The second-order valence-corrected chi connectivity index (χ2v) is 6.92. The van der Waals surface area contributed by atoms with E-state index in [0.29, 0.717) is 31.0 Å². The van der Waals surface area contributed by atoms with Crippen molar-refractivity contribution >= 4 is 5.91 Å². The number of aromatic nitrogens is 1. The maximum absolute atomic E-state index is 12.8. The Kier molecular flexibility index (Phi) is 4.54. The third kappa shape index (κ3) is 3.04. The Labute approximate surface area is 158 Å². The number of rotatable bonds is 2. The summed E-state index contributed by atoms with van der Waals surface area (Å²) in [7, 11) is 1.69. The van der Waals surface area contributed by atoms with E-state index in [2.05, 4.69) is 11.1 Å². The molecule has 3 heterocycles. The molecule has 27 heavy (non-hydrogen) atoms. The number of nitrogens with zero attached hydrogens (tertiary/aromatic N) is 3. The SMILES string of the molecule is COc1cccc2c1C1(CCN(C(=O)c3ccc(C#N)nc3)CC1)OCC2. The molecule has 0 radical (unpaired) electrons. The predicted molar refractivity (Wildman–Crippen MR) is 98.4 cm³/mol. The number of fused-ring (bicyclic) bond motifs is 2. The average Bonchev–Trinajstić information content (AvgIpc) is 2.73. The van der Waals surface area contributed by atoms with Crippen molar-refractivity contribution in [3.8, 4) is 11.8 Å². The molecule has 1 aromatic carbocycles.